The largest absolute Gasteiger partial charge is 0.374 e. The number of nitrogen functional groups attached to an aromatic ring is 1. The van der Waals surface area contributed by atoms with E-state index in [1.165, 1.54) is 17.4 Å². The first-order chi connectivity index (χ1) is 8.15. The quantitative estimate of drug-likeness (QED) is 0.903. The molecule has 0 fully saturated rings. The first-order valence-corrected chi connectivity index (χ1v) is 5.96. The van der Waals surface area contributed by atoms with Crippen LogP contribution < -0.4 is 5.73 Å². The molecule has 2 N–H and O–H groups in total. The summed E-state index contributed by atoms with van der Waals surface area (Å²) in [4.78, 5) is 1.97. The predicted octanol–water partition coefficient (Wildman–Crippen LogP) is 1.89. The minimum absolute atomic E-state index is 0.184. The van der Waals surface area contributed by atoms with Gasteiger partial charge in [-0.1, -0.05) is 29.5 Å². The van der Waals surface area contributed by atoms with Gasteiger partial charge in [-0.3, -0.25) is 4.90 Å². The van der Waals surface area contributed by atoms with Crippen LogP contribution in [0.2, 0.25) is 0 Å². The molecule has 4 nitrogen and oxygen atoms in total. The molecule has 1 heterocycles. The van der Waals surface area contributed by atoms with E-state index in [9.17, 15) is 4.39 Å². The van der Waals surface area contributed by atoms with Crippen LogP contribution in [0.4, 0.5) is 9.52 Å². The molecule has 0 aliphatic carbocycles. The van der Waals surface area contributed by atoms with Gasteiger partial charge in [0, 0.05) is 12.1 Å². The van der Waals surface area contributed by atoms with Crippen molar-refractivity contribution in [1.82, 2.24) is 15.1 Å². The Morgan fingerprint density at radius 1 is 1.29 bits per heavy atom. The summed E-state index contributed by atoms with van der Waals surface area (Å²) in [5.41, 5.74) is 6.17. The Balaban J connectivity index is 1.98. The lowest BCUT2D eigenvalue weighted by molar-refractivity contribution is 0.312. The van der Waals surface area contributed by atoms with Crippen molar-refractivity contribution in [2.45, 2.75) is 13.1 Å². The molecule has 0 bridgehead atoms. The fourth-order valence-electron chi connectivity index (χ4n) is 1.53. The van der Waals surface area contributed by atoms with Crippen molar-refractivity contribution in [2.24, 2.45) is 0 Å². The number of nitrogens with zero attached hydrogens (tertiary/aromatic N) is 3. The van der Waals surface area contributed by atoms with Gasteiger partial charge in [0.2, 0.25) is 5.13 Å². The Kier molecular flexibility index (Phi) is 3.65. The van der Waals surface area contributed by atoms with Crippen molar-refractivity contribution in [1.29, 1.82) is 0 Å². The Hall–Kier alpha value is -1.53. The topological polar surface area (TPSA) is 55.0 Å². The Labute approximate surface area is 103 Å². The van der Waals surface area contributed by atoms with Crippen LogP contribution in [0, 0.1) is 5.82 Å². The van der Waals surface area contributed by atoms with Gasteiger partial charge in [0.05, 0.1) is 6.54 Å². The van der Waals surface area contributed by atoms with Gasteiger partial charge in [-0.05, 0) is 13.1 Å². The molecule has 90 valence electrons. The molecule has 1 aromatic heterocycles. The number of hydrogen-bond donors (Lipinski definition) is 1. The molecule has 1 aromatic carbocycles. The zero-order chi connectivity index (χ0) is 12.3. The molecule has 2 rings (SSSR count). The van der Waals surface area contributed by atoms with E-state index in [-0.39, 0.29) is 5.82 Å². The summed E-state index contributed by atoms with van der Waals surface area (Å²) >= 11 is 1.35. The number of hydrogen-bond acceptors (Lipinski definition) is 5. The summed E-state index contributed by atoms with van der Waals surface area (Å²) in [7, 11) is 1.91. The molecule has 0 unspecified atom stereocenters. The average Bonchev–Trinajstić information content (AvgIpc) is 2.67. The second-order valence-corrected chi connectivity index (χ2v) is 4.89. The lowest BCUT2D eigenvalue weighted by Crippen LogP contribution is -2.17. The van der Waals surface area contributed by atoms with Crippen LogP contribution in [-0.4, -0.2) is 22.1 Å². The van der Waals surface area contributed by atoms with E-state index >= 15 is 0 Å². The van der Waals surface area contributed by atoms with E-state index in [1.807, 2.05) is 18.0 Å². The third kappa shape index (κ3) is 3.21. The van der Waals surface area contributed by atoms with Crippen LogP contribution in [0.25, 0.3) is 0 Å². The summed E-state index contributed by atoms with van der Waals surface area (Å²) in [6.45, 7) is 1.15. The maximum Gasteiger partial charge on any atom is 0.203 e. The molecule has 2 aromatic rings. The van der Waals surface area contributed by atoms with Gasteiger partial charge < -0.3 is 5.73 Å². The smallest absolute Gasteiger partial charge is 0.203 e. The maximum atomic E-state index is 13.4. The van der Waals surface area contributed by atoms with Crippen LogP contribution in [0.3, 0.4) is 0 Å². The van der Waals surface area contributed by atoms with Gasteiger partial charge >= 0.3 is 0 Å². The van der Waals surface area contributed by atoms with Crippen molar-refractivity contribution >= 4 is 16.5 Å². The van der Waals surface area contributed by atoms with E-state index in [1.54, 1.807) is 12.1 Å². The lowest BCUT2D eigenvalue weighted by Gasteiger charge is -2.14. The zero-order valence-corrected chi connectivity index (χ0v) is 10.2. The predicted molar refractivity (Wildman–Crippen MR) is 65.9 cm³/mol. The van der Waals surface area contributed by atoms with E-state index < -0.39 is 0 Å². The minimum atomic E-state index is -0.184. The second kappa shape index (κ2) is 5.20. The van der Waals surface area contributed by atoms with Crippen molar-refractivity contribution in [3.05, 3.63) is 40.7 Å². The molecule has 0 aliphatic heterocycles. The molecule has 6 heteroatoms. The maximum absolute atomic E-state index is 13.4. The second-order valence-electron chi connectivity index (χ2n) is 3.80. The Morgan fingerprint density at radius 3 is 2.71 bits per heavy atom. The number of nitrogens with two attached hydrogens (primary N) is 1. The SMILES string of the molecule is CN(Cc1nnc(N)s1)Cc1ccccc1F. The van der Waals surface area contributed by atoms with E-state index in [0.717, 1.165) is 5.01 Å². The summed E-state index contributed by atoms with van der Waals surface area (Å²) in [5.74, 6) is -0.184. The molecule has 0 radical (unpaired) electrons. The zero-order valence-electron chi connectivity index (χ0n) is 9.43. The van der Waals surface area contributed by atoms with Crippen molar-refractivity contribution in [3.8, 4) is 0 Å². The fraction of sp³-hybridized carbons (Fsp3) is 0.273. The first kappa shape index (κ1) is 11.9. The Morgan fingerprint density at radius 2 is 2.06 bits per heavy atom. The number of aromatic nitrogens is 2. The molecule has 0 aliphatic rings. The summed E-state index contributed by atoms with van der Waals surface area (Å²) in [6, 6.07) is 6.76. The van der Waals surface area contributed by atoms with Crippen LogP contribution in [-0.2, 0) is 13.1 Å². The molecule has 0 saturated heterocycles. The minimum Gasteiger partial charge on any atom is -0.374 e. The molecule has 0 atom stereocenters. The van der Waals surface area contributed by atoms with E-state index in [4.69, 9.17) is 5.73 Å². The van der Waals surface area contributed by atoms with Gasteiger partial charge in [-0.15, -0.1) is 10.2 Å². The normalized spacial score (nSPS) is 11.0. The highest BCUT2D eigenvalue weighted by Crippen LogP contribution is 2.15. The lowest BCUT2D eigenvalue weighted by atomic mass is 10.2. The highest BCUT2D eigenvalue weighted by atomic mass is 32.1. The van der Waals surface area contributed by atoms with Crippen LogP contribution in [0.1, 0.15) is 10.6 Å². The van der Waals surface area contributed by atoms with Gasteiger partial charge in [0.1, 0.15) is 10.8 Å². The molecular weight excluding hydrogens is 239 g/mol. The van der Waals surface area contributed by atoms with E-state index in [0.29, 0.717) is 23.8 Å². The number of benzene rings is 1. The van der Waals surface area contributed by atoms with Crippen molar-refractivity contribution in [2.75, 3.05) is 12.8 Å². The van der Waals surface area contributed by atoms with Gasteiger partial charge in [-0.25, -0.2) is 4.39 Å². The monoisotopic (exact) mass is 252 g/mol. The summed E-state index contributed by atoms with van der Waals surface area (Å²) < 4.78 is 13.4. The van der Waals surface area contributed by atoms with Crippen molar-refractivity contribution in [3.63, 3.8) is 0 Å². The summed E-state index contributed by atoms with van der Waals surface area (Å²) in [5, 5.41) is 8.96. The fourth-order valence-corrected chi connectivity index (χ4v) is 2.22. The Bertz CT molecular complexity index is 500. The number of halogens is 1. The third-order valence-electron chi connectivity index (χ3n) is 2.29. The van der Waals surface area contributed by atoms with Crippen molar-refractivity contribution < 1.29 is 4.39 Å². The molecular formula is C11H13FN4S. The molecule has 0 spiro atoms. The average molecular weight is 252 g/mol. The first-order valence-electron chi connectivity index (χ1n) is 5.15. The van der Waals surface area contributed by atoms with E-state index in [2.05, 4.69) is 10.2 Å². The van der Waals surface area contributed by atoms with Crippen LogP contribution in [0.5, 0.6) is 0 Å². The number of anilines is 1. The molecule has 17 heavy (non-hydrogen) atoms. The van der Waals surface area contributed by atoms with Gasteiger partial charge in [0.15, 0.2) is 0 Å². The van der Waals surface area contributed by atoms with Gasteiger partial charge in [-0.2, -0.15) is 0 Å². The van der Waals surface area contributed by atoms with Crippen LogP contribution >= 0.6 is 11.3 Å². The molecule has 0 amide bonds. The number of rotatable bonds is 4. The van der Waals surface area contributed by atoms with Crippen LogP contribution in [0.15, 0.2) is 24.3 Å². The molecule has 0 saturated carbocycles. The standard InChI is InChI=1S/C11H13FN4S/c1-16(7-10-14-15-11(13)17-10)6-8-4-2-3-5-9(8)12/h2-5H,6-7H2,1H3,(H2,13,15). The highest BCUT2D eigenvalue weighted by molar-refractivity contribution is 7.15. The third-order valence-corrected chi connectivity index (χ3v) is 3.02. The highest BCUT2D eigenvalue weighted by Gasteiger charge is 2.08. The summed E-state index contributed by atoms with van der Waals surface area (Å²) in [6.07, 6.45) is 0. The van der Waals surface area contributed by atoms with Gasteiger partial charge in [0.25, 0.3) is 0 Å².